The van der Waals surface area contributed by atoms with Gasteiger partial charge in [-0.2, -0.15) is 0 Å². The number of nitrogens with zero attached hydrogens (tertiary/aromatic N) is 1. The van der Waals surface area contributed by atoms with Crippen molar-refractivity contribution in [1.29, 1.82) is 0 Å². The van der Waals surface area contributed by atoms with Gasteiger partial charge in [-0.1, -0.05) is 37.0 Å². The second-order valence-electron chi connectivity index (χ2n) is 5.69. The molecule has 1 aromatic carbocycles. The van der Waals surface area contributed by atoms with Gasteiger partial charge >= 0.3 is 0 Å². The lowest BCUT2D eigenvalue weighted by Gasteiger charge is -2.16. The Hall–Kier alpha value is -0.830. The molecule has 1 N–H and O–H groups in total. The van der Waals surface area contributed by atoms with Gasteiger partial charge in [0.05, 0.1) is 10.5 Å². The smallest absolute Gasteiger partial charge is 0.0738 e. The van der Waals surface area contributed by atoms with Gasteiger partial charge in [-0.15, -0.1) is 0 Å². The van der Waals surface area contributed by atoms with Crippen molar-refractivity contribution in [2.24, 2.45) is 0 Å². The third-order valence-electron chi connectivity index (χ3n) is 3.83. The third-order valence-corrected chi connectivity index (χ3v) is 4.35. The molecule has 0 spiro atoms. The van der Waals surface area contributed by atoms with Gasteiger partial charge in [-0.05, 0) is 42.5 Å². The van der Waals surface area contributed by atoms with Crippen molar-refractivity contribution < 1.29 is 0 Å². The van der Waals surface area contributed by atoms with Crippen LogP contribution in [0.25, 0.3) is 10.9 Å². The van der Waals surface area contributed by atoms with Crippen LogP contribution in [-0.2, 0) is 19.4 Å². The molecule has 1 aliphatic carbocycles. The van der Waals surface area contributed by atoms with Gasteiger partial charge in [0, 0.05) is 28.7 Å². The van der Waals surface area contributed by atoms with Crippen molar-refractivity contribution >= 4 is 34.1 Å². The fourth-order valence-corrected chi connectivity index (χ4v) is 3.52. The summed E-state index contributed by atoms with van der Waals surface area (Å²) in [5.74, 6) is 0. The molecule has 0 saturated carbocycles. The first-order valence-electron chi connectivity index (χ1n) is 7.09. The van der Waals surface area contributed by atoms with E-state index in [2.05, 4.69) is 19.2 Å². The second-order valence-corrected chi connectivity index (χ2v) is 6.53. The minimum absolute atomic E-state index is 0.446. The van der Waals surface area contributed by atoms with Gasteiger partial charge in [-0.25, -0.2) is 0 Å². The summed E-state index contributed by atoms with van der Waals surface area (Å²) in [7, 11) is 0. The Morgan fingerprint density at radius 3 is 2.80 bits per heavy atom. The summed E-state index contributed by atoms with van der Waals surface area (Å²) in [5.41, 5.74) is 4.83. The summed E-state index contributed by atoms with van der Waals surface area (Å²) in [4.78, 5) is 4.77. The number of hydrogen-bond acceptors (Lipinski definition) is 2. The zero-order valence-corrected chi connectivity index (χ0v) is 13.3. The van der Waals surface area contributed by atoms with Crippen molar-refractivity contribution in [2.75, 3.05) is 0 Å². The maximum atomic E-state index is 6.43. The van der Waals surface area contributed by atoms with Crippen LogP contribution in [0.4, 0.5) is 0 Å². The zero-order valence-electron chi connectivity index (χ0n) is 11.8. The van der Waals surface area contributed by atoms with Crippen molar-refractivity contribution in [2.45, 2.75) is 45.7 Å². The normalized spacial score (nSPS) is 14.2. The number of aromatic nitrogens is 1. The number of benzene rings is 1. The van der Waals surface area contributed by atoms with Crippen LogP contribution in [0.15, 0.2) is 12.1 Å². The summed E-state index contributed by atoms with van der Waals surface area (Å²) in [6.45, 7) is 5.14. The van der Waals surface area contributed by atoms with Crippen LogP contribution in [-0.4, -0.2) is 11.0 Å². The average molecular weight is 309 g/mol. The Morgan fingerprint density at radius 2 is 2.05 bits per heavy atom. The SMILES string of the molecule is CC(C)NCc1c2c(nc3cc(Cl)cc(Cl)c13)CCC2. The molecule has 0 fully saturated rings. The number of aryl methyl sites for hydroxylation is 1. The Morgan fingerprint density at radius 1 is 1.25 bits per heavy atom. The molecule has 0 radical (unpaired) electrons. The van der Waals surface area contributed by atoms with E-state index in [1.54, 1.807) is 0 Å². The number of halogens is 2. The van der Waals surface area contributed by atoms with Crippen molar-refractivity contribution in [3.8, 4) is 0 Å². The van der Waals surface area contributed by atoms with Crippen molar-refractivity contribution in [1.82, 2.24) is 10.3 Å². The van der Waals surface area contributed by atoms with Gasteiger partial charge in [0.15, 0.2) is 0 Å². The molecular formula is C16H18Cl2N2. The number of pyridine rings is 1. The molecule has 1 aromatic heterocycles. The first-order valence-corrected chi connectivity index (χ1v) is 7.84. The third kappa shape index (κ3) is 2.52. The molecular weight excluding hydrogens is 291 g/mol. The van der Waals surface area contributed by atoms with E-state index in [9.17, 15) is 0 Å². The number of hydrogen-bond donors (Lipinski definition) is 1. The summed E-state index contributed by atoms with van der Waals surface area (Å²) in [5, 5.41) is 5.92. The lowest BCUT2D eigenvalue weighted by Crippen LogP contribution is -2.23. The molecule has 0 saturated heterocycles. The minimum atomic E-state index is 0.446. The highest BCUT2D eigenvalue weighted by Gasteiger charge is 2.21. The lowest BCUT2D eigenvalue weighted by molar-refractivity contribution is 0.588. The highest BCUT2D eigenvalue weighted by molar-refractivity contribution is 6.38. The van der Waals surface area contributed by atoms with E-state index in [4.69, 9.17) is 28.2 Å². The van der Waals surface area contributed by atoms with Crippen LogP contribution in [0.2, 0.25) is 10.0 Å². The second kappa shape index (κ2) is 5.51. The van der Waals surface area contributed by atoms with Gasteiger partial charge in [-0.3, -0.25) is 4.98 Å². The van der Waals surface area contributed by atoms with Crippen LogP contribution < -0.4 is 5.32 Å². The van der Waals surface area contributed by atoms with Gasteiger partial charge in [0.2, 0.25) is 0 Å². The summed E-state index contributed by atoms with van der Waals surface area (Å²) in [6, 6.07) is 4.18. The van der Waals surface area contributed by atoms with E-state index < -0.39 is 0 Å². The van der Waals surface area contributed by atoms with E-state index in [1.165, 1.54) is 23.2 Å². The first-order chi connectivity index (χ1) is 9.56. The maximum Gasteiger partial charge on any atom is 0.0738 e. The molecule has 106 valence electrons. The summed E-state index contributed by atoms with van der Waals surface area (Å²) in [6.07, 6.45) is 3.34. The van der Waals surface area contributed by atoms with E-state index in [0.29, 0.717) is 16.1 Å². The topological polar surface area (TPSA) is 24.9 Å². The molecule has 1 aliphatic rings. The van der Waals surface area contributed by atoms with Crippen LogP contribution in [0, 0.1) is 0 Å². The van der Waals surface area contributed by atoms with E-state index in [1.807, 2.05) is 12.1 Å². The van der Waals surface area contributed by atoms with E-state index in [-0.39, 0.29) is 0 Å². The Kier molecular flexibility index (Phi) is 3.89. The highest BCUT2D eigenvalue weighted by Crippen LogP contribution is 2.35. The fourth-order valence-electron chi connectivity index (χ4n) is 2.92. The molecule has 0 amide bonds. The Balaban J connectivity index is 2.22. The largest absolute Gasteiger partial charge is 0.310 e. The molecule has 20 heavy (non-hydrogen) atoms. The van der Waals surface area contributed by atoms with Crippen molar-refractivity contribution in [3.63, 3.8) is 0 Å². The average Bonchev–Trinajstić information content (AvgIpc) is 2.81. The molecule has 3 rings (SSSR count). The molecule has 0 unspecified atom stereocenters. The van der Waals surface area contributed by atoms with Crippen molar-refractivity contribution in [3.05, 3.63) is 39.0 Å². The number of rotatable bonds is 3. The Bertz CT molecular complexity index is 665. The van der Waals surface area contributed by atoms with Gasteiger partial charge in [0.25, 0.3) is 0 Å². The summed E-state index contributed by atoms with van der Waals surface area (Å²) < 4.78 is 0. The highest BCUT2D eigenvalue weighted by atomic mass is 35.5. The molecule has 1 heterocycles. The predicted molar refractivity (Wildman–Crippen MR) is 85.8 cm³/mol. The number of nitrogens with one attached hydrogen (secondary N) is 1. The first kappa shape index (κ1) is 14.1. The Labute approximate surface area is 129 Å². The molecule has 0 aliphatic heterocycles. The molecule has 2 nitrogen and oxygen atoms in total. The van der Waals surface area contributed by atoms with E-state index >= 15 is 0 Å². The van der Waals surface area contributed by atoms with Crippen LogP contribution in [0.3, 0.4) is 0 Å². The number of fused-ring (bicyclic) bond motifs is 2. The molecule has 0 bridgehead atoms. The van der Waals surface area contributed by atoms with E-state index in [0.717, 1.165) is 30.3 Å². The fraction of sp³-hybridized carbons (Fsp3) is 0.438. The monoisotopic (exact) mass is 308 g/mol. The lowest BCUT2D eigenvalue weighted by atomic mass is 10.0. The zero-order chi connectivity index (χ0) is 14.3. The van der Waals surface area contributed by atoms with Gasteiger partial charge < -0.3 is 5.32 Å². The van der Waals surface area contributed by atoms with Crippen LogP contribution in [0.1, 0.15) is 37.1 Å². The van der Waals surface area contributed by atoms with Crippen LogP contribution in [0.5, 0.6) is 0 Å². The predicted octanol–water partition coefficient (Wildman–Crippen LogP) is 4.53. The summed E-state index contributed by atoms with van der Waals surface area (Å²) >= 11 is 12.5. The minimum Gasteiger partial charge on any atom is -0.310 e. The quantitative estimate of drug-likeness (QED) is 0.901. The van der Waals surface area contributed by atoms with Crippen LogP contribution >= 0.6 is 23.2 Å². The maximum absolute atomic E-state index is 6.43. The molecule has 2 aromatic rings. The molecule has 4 heteroatoms. The molecule has 0 atom stereocenters. The standard InChI is InChI=1S/C16H18Cl2N2/c1-9(2)19-8-12-11-4-3-5-14(11)20-15-7-10(17)6-13(18)16(12)15/h6-7,9,19H,3-5,8H2,1-2H3. The van der Waals surface area contributed by atoms with Gasteiger partial charge in [0.1, 0.15) is 0 Å².